The highest BCUT2D eigenvalue weighted by Gasteiger charge is 2.42. The van der Waals surface area contributed by atoms with Crippen molar-refractivity contribution >= 4 is 17.7 Å². The van der Waals surface area contributed by atoms with Gasteiger partial charge in [-0.25, -0.2) is 4.79 Å². The molecule has 0 radical (unpaired) electrons. The summed E-state index contributed by atoms with van der Waals surface area (Å²) in [5, 5.41) is 0. The highest BCUT2D eigenvalue weighted by molar-refractivity contribution is 6.07. The van der Waals surface area contributed by atoms with E-state index in [4.69, 9.17) is 18.9 Å². The molecule has 0 aliphatic carbocycles. The first kappa shape index (κ1) is 22.9. The highest BCUT2D eigenvalue weighted by Crippen LogP contribution is 2.42. The van der Waals surface area contributed by atoms with Gasteiger partial charge in [-0.05, 0) is 31.5 Å². The summed E-state index contributed by atoms with van der Waals surface area (Å²) in [5.74, 6) is -1.54. The van der Waals surface area contributed by atoms with E-state index in [0.29, 0.717) is 28.5 Å². The Labute approximate surface area is 176 Å². The monoisotopic (exact) mass is 413 g/mol. The lowest BCUT2D eigenvalue weighted by atomic mass is 9.75. The minimum atomic E-state index is -0.807. The molecule has 0 fully saturated rings. The SMILES string of the molecule is C=CCOC(=O)C1=C(C)N=C(C)C(C(=O)OCC=C)C1c1ccc(OC)c(OC)c1. The van der Waals surface area contributed by atoms with Gasteiger partial charge in [0.25, 0.3) is 0 Å². The highest BCUT2D eigenvalue weighted by atomic mass is 16.5. The third-order valence-electron chi connectivity index (χ3n) is 4.74. The number of methoxy groups -OCH3 is 2. The van der Waals surface area contributed by atoms with Crippen LogP contribution in [-0.4, -0.2) is 45.1 Å². The number of esters is 2. The summed E-state index contributed by atoms with van der Waals surface area (Å²) in [6.07, 6.45) is 2.96. The standard InChI is InChI=1S/C23H27NO6/c1-7-11-29-22(25)19-14(3)24-15(4)20(23(26)30-12-8-2)21(19)16-9-10-17(27-5)18(13-16)28-6/h7-10,13,19,21H,1-2,11-12H2,3-6H3. The molecule has 0 spiro atoms. The van der Waals surface area contributed by atoms with Gasteiger partial charge < -0.3 is 18.9 Å². The van der Waals surface area contributed by atoms with Crippen LogP contribution in [0.4, 0.5) is 0 Å². The summed E-state index contributed by atoms with van der Waals surface area (Å²) in [4.78, 5) is 30.3. The van der Waals surface area contributed by atoms with E-state index in [2.05, 4.69) is 18.2 Å². The number of hydrogen-bond acceptors (Lipinski definition) is 7. The Kier molecular flexibility index (Phi) is 7.98. The number of carbonyl (C=O) groups is 2. The van der Waals surface area contributed by atoms with E-state index in [1.807, 2.05) is 0 Å². The number of benzene rings is 1. The Morgan fingerprint density at radius 3 is 2.27 bits per heavy atom. The van der Waals surface area contributed by atoms with Crippen molar-refractivity contribution < 1.29 is 28.5 Å². The number of nitrogens with zero attached hydrogens (tertiary/aromatic N) is 1. The second-order valence-corrected chi connectivity index (χ2v) is 6.63. The molecule has 0 bridgehead atoms. The van der Waals surface area contributed by atoms with E-state index in [1.54, 1.807) is 32.0 Å². The van der Waals surface area contributed by atoms with Crippen LogP contribution in [-0.2, 0) is 19.1 Å². The summed E-state index contributed by atoms with van der Waals surface area (Å²) in [5.41, 5.74) is 1.98. The lowest BCUT2D eigenvalue weighted by molar-refractivity contribution is -0.145. The normalized spacial score (nSPS) is 18.2. The van der Waals surface area contributed by atoms with Gasteiger partial charge in [0.2, 0.25) is 0 Å². The Hall–Kier alpha value is -3.35. The van der Waals surface area contributed by atoms with Gasteiger partial charge in [0.05, 0.1) is 19.8 Å². The maximum atomic E-state index is 12.9. The van der Waals surface area contributed by atoms with Crippen molar-refractivity contribution in [2.24, 2.45) is 10.9 Å². The van der Waals surface area contributed by atoms with E-state index >= 15 is 0 Å². The first-order valence-corrected chi connectivity index (χ1v) is 9.42. The molecule has 1 aliphatic heterocycles. The minimum absolute atomic E-state index is 0.0442. The zero-order valence-electron chi connectivity index (χ0n) is 17.8. The quantitative estimate of drug-likeness (QED) is 0.454. The Balaban J connectivity index is 2.64. The van der Waals surface area contributed by atoms with Crippen LogP contribution in [0.1, 0.15) is 25.3 Å². The maximum absolute atomic E-state index is 12.9. The largest absolute Gasteiger partial charge is 0.493 e. The molecule has 0 saturated heterocycles. The predicted molar refractivity (Wildman–Crippen MR) is 114 cm³/mol. The average Bonchev–Trinajstić information content (AvgIpc) is 2.74. The molecule has 30 heavy (non-hydrogen) atoms. The van der Waals surface area contributed by atoms with Crippen LogP contribution in [0, 0.1) is 5.92 Å². The molecule has 0 amide bonds. The van der Waals surface area contributed by atoms with Crippen molar-refractivity contribution in [1.29, 1.82) is 0 Å². The van der Waals surface area contributed by atoms with Crippen molar-refractivity contribution in [3.63, 3.8) is 0 Å². The summed E-state index contributed by atoms with van der Waals surface area (Å²) in [6.45, 7) is 10.7. The van der Waals surface area contributed by atoms with E-state index in [9.17, 15) is 9.59 Å². The molecule has 7 nitrogen and oxygen atoms in total. The molecule has 160 valence electrons. The lowest BCUT2D eigenvalue weighted by Gasteiger charge is -2.31. The lowest BCUT2D eigenvalue weighted by Crippen LogP contribution is -2.36. The molecule has 0 saturated carbocycles. The molecule has 2 unspecified atom stereocenters. The molecule has 2 atom stereocenters. The molecule has 0 aromatic heterocycles. The van der Waals surface area contributed by atoms with Gasteiger partial charge in [-0.2, -0.15) is 0 Å². The summed E-state index contributed by atoms with van der Waals surface area (Å²) in [7, 11) is 3.05. The van der Waals surface area contributed by atoms with E-state index in [1.165, 1.54) is 26.4 Å². The number of rotatable bonds is 9. The van der Waals surface area contributed by atoms with E-state index < -0.39 is 23.8 Å². The van der Waals surface area contributed by atoms with Gasteiger partial charge in [-0.1, -0.05) is 31.4 Å². The maximum Gasteiger partial charge on any atom is 0.336 e. The summed E-state index contributed by atoms with van der Waals surface area (Å²) in [6, 6.07) is 5.25. The fourth-order valence-corrected chi connectivity index (χ4v) is 3.46. The average molecular weight is 413 g/mol. The molecule has 0 N–H and O–H groups in total. The fraction of sp³-hybridized carbons (Fsp3) is 0.348. The first-order chi connectivity index (χ1) is 14.4. The molecule has 1 heterocycles. The van der Waals surface area contributed by atoms with Crippen molar-refractivity contribution in [2.75, 3.05) is 27.4 Å². The molecular formula is C23H27NO6. The van der Waals surface area contributed by atoms with Crippen LogP contribution in [0.3, 0.4) is 0 Å². The number of hydrogen-bond donors (Lipinski definition) is 0. The third-order valence-corrected chi connectivity index (χ3v) is 4.74. The van der Waals surface area contributed by atoms with E-state index in [0.717, 1.165) is 0 Å². The third kappa shape index (κ3) is 4.79. The smallest absolute Gasteiger partial charge is 0.336 e. The molecule has 2 rings (SSSR count). The summed E-state index contributed by atoms with van der Waals surface area (Å²) >= 11 is 0. The van der Waals surface area contributed by atoms with Crippen molar-refractivity contribution in [3.05, 3.63) is 60.3 Å². The molecule has 1 aromatic carbocycles. The van der Waals surface area contributed by atoms with Crippen LogP contribution < -0.4 is 9.47 Å². The zero-order valence-corrected chi connectivity index (χ0v) is 17.8. The molecule has 1 aromatic rings. The van der Waals surface area contributed by atoms with Crippen molar-refractivity contribution in [1.82, 2.24) is 0 Å². The van der Waals surface area contributed by atoms with Crippen LogP contribution >= 0.6 is 0 Å². The Morgan fingerprint density at radius 2 is 1.67 bits per heavy atom. The van der Waals surface area contributed by atoms with Crippen molar-refractivity contribution in [2.45, 2.75) is 19.8 Å². The Bertz CT molecular complexity index is 899. The van der Waals surface area contributed by atoms with Gasteiger partial charge in [-0.3, -0.25) is 9.79 Å². The summed E-state index contributed by atoms with van der Waals surface area (Å²) < 4.78 is 21.3. The number of aliphatic imine (C=N–C) groups is 1. The van der Waals surface area contributed by atoms with Crippen LogP contribution in [0.5, 0.6) is 11.5 Å². The number of carbonyl (C=O) groups excluding carboxylic acids is 2. The molecule has 1 aliphatic rings. The van der Waals surface area contributed by atoms with Crippen molar-refractivity contribution in [3.8, 4) is 11.5 Å². The number of allylic oxidation sites excluding steroid dienone is 1. The van der Waals surface area contributed by atoms with Crippen LogP contribution in [0.15, 0.2) is 59.8 Å². The first-order valence-electron chi connectivity index (χ1n) is 9.42. The van der Waals surface area contributed by atoms with E-state index in [-0.39, 0.29) is 18.8 Å². The predicted octanol–water partition coefficient (Wildman–Crippen LogP) is 3.61. The molecule has 7 heteroatoms. The topological polar surface area (TPSA) is 83.4 Å². The Morgan fingerprint density at radius 1 is 1.03 bits per heavy atom. The molecular weight excluding hydrogens is 386 g/mol. The van der Waals surface area contributed by atoms with Crippen LogP contribution in [0.2, 0.25) is 0 Å². The van der Waals surface area contributed by atoms with Gasteiger partial charge in [0.15, 0.2) is 11.5 Å². The van der Waals surface area contributed by atoms with Crippen LogP contribution in [0.25, 0.3) is 0 Å². The second kappa shape index (κ2) is 10.4. The second-order valence-electron chi connectivity index (χ2n) is 6.63. The van der Waals surface area contributed by atoms with Gasteiger partial charge in [-0.15, -0.1) is 0 Å². The minimum Gasteiger partial charge on any atom is -0.493 e. The van der Waals surface area contributed by atoms with Gasteiger partial charge >= 0.3 is 11.9 Å². The zero-order chi connectivity index (χ0) is 22.3. The fourth-order valence-electron chi connectivity index (χ4n) is 3.46. The van der Waals surface area contributed by atoms with Gasteiger partial charge in [0.1, 0.15) is 19.1 Å². The number of ether oxygens (including phenoxy) is 4. The van der Waals surface area contributed by atoms with Gasteiger partial charge in [0, 0.05) is 17.3 Å².